The first-order valence-corrected chi connectivity index (χ1v) is 6.96. The van der Waals surface area contributed by atoms with Gasteiger partial charge in [0.05, 0.1) is 11.6 Å². The highest BCUT2D eigenvalue weighted by molar-refractivity contribution is 5.91. The Hall–Kier alpha value is -2.89. The molecular weight excluding hydrogens is 301 g/mol. The van der Waals surface area contributed by atoms with Gasteiger partial charge in [-0.05, 0) is 42.8 Å². The van der Waals surface area contributed by atoms with E-state index in [1.54, 1.807) is 19.1 Å². The van der Waals surface area contributed by atoms with Gasteiger partial charge < -0.3 is 15.2 Å². The van der Waals surface area contributed by atoms with Crippen LogP contribution in [0.2, 0.25) is 0 Å². The molecule has 0 bridgehead atoms. The molecule has 0 saturated heterocycles. The first-order chi connectivity index (χ1) is 11.0. The Balaban J connectivity index is 1.85. The zero-order chi connectivity index (χ0) is 16.8. The molecule has 0 radical (unpaired) electrons. The van der Waals surface area contributed by atoms with Crippen molar-refractivity contribution in [2.45, 2.75) is 13.0 Å². The van der Waals surface area contributed by atoms with Crippen LogP contribution in [-0.2, 0) is 9.53 Å². The topological polar surface area (TPSA) is 75.6 Å². The van der Waals surface area contributed by atoms with E-state index in [-0.39, 0.29) is 23.2 Å². The van der Waals surface area contributed by atoms with Gasteiger partial charge in [-0.15, -0.1) is 0 Å². The van der Waals surface area contributed by atoms with Crippen LogP contribution in [0.5, 0.6) is 5.75 Å². The van der Waals surface area contributed by atoms with Crippen LogP contribution < -0.4 is 5.32 Å². The zero-order valence-corrected chi connectivity index (χ0v) is 12.5. The van der Waals surface area contributed by atoms with E-state index in [2.05, 4.69) is 5.32 Å². The SMILES string of the molecule is C[C@H](NC(=O)COC(=O)c1cccc(O)c1)c1ccc(F)cc1. The molecule has 2 N–H and O–H groups in total. The van der Waals surface area contributed by atoms with Crippen LogP contribution in [0.1, 0.15) is 28.9 Å². The summed E-state index contributed by atoms with van der Waals surface area (Å²) < 4.78 is 17.7. The first-order valence-electron chi connectivity index (χ1n) is 6.96. The molecule has 6 heteroatoms. The van der Waals surface area contributed by atoms with Crippen molar-refractivity contribution in [1.82, 2.24) is 5.32 Å². The number of benzene rings is 2. The van der Waals surface area contributed by atoms with E-state index >= 15 is 0 Å². The number of aromatic hydroxyl groups is 1. The second-order valence-electron chi connectivity index (χ2n) is 4.97. The van der Waals surface area contributed by atoms with Crippen molar-refractivity contribution in [2.75, 3.05) is 6.61 Å². The molecule has 0 saturated carbocycles. The van der Waals surface area contributed by atoms with Crippen LogP contribution in [-0.4, -0.2) is 23.6 Å². The number of ether oxygens (including phenoxy) is 1. The quantitative estimate of drug-likeness (QED) is 0.831. The van der Waals surface area contributed by atoms with Crippen molar-refractivity contribution in [1.29, 1.82) is 0 Å². The third kappa shape index (κ3) is 4.81. The van der Waals surface area contributed by atoms with Gasteiger partial charge in [0.25, 0.3) is 5.91 Å². The number of carbonyl (C=O) groups is 2. The number of amides is 1. The van der Waals surface area contributed by atoms with E-state index in [9.17, 15) is 19.1 Å². The lowest BCUT2D eigenvalue weighted by atomic mass is 10.1. The van der Waals surface area contributed by atoms with E-state index in [1.807, 2.05) is 0 Å². The van der Waals surface area contributed by atoms with Crippen molar-refractivity contribution >= 4 is 11.9 Å². The highest BCUT2D eigenvalue weighted by Crippen LogP contribution is 2.13. The summed E-state index contributed by atoms with van der Waals surface area (Å²) in [5, 5.41) is 11.9. The molecule has 0 unspecified atom stereocenters. The van der Waals surface area contributed by atoms with E-state index in [1.165, 1.54) is 36.4 Å². The van der Waals surface area contributed by atoms with Gasteiger partial charge in [-0.25, -0.2) is 9.18 Å². The molecule has 2 aromatic carbocycles. The van der Waals surface area contributed by atoms with Crippen molar-refractivity contribution in [2.24, 2.45) is 0 Å². The van der Waals surface area contributed by atoms with Crippen LogP contribution in [0, 0.1) is 5.82 Å². The molecule has 5 nitrogen and oxygen atoms in total. The maximum atomic E-state index is 12.8. The molecule has 0 fully saturated rings. The van der Waals surface area contributed by atoms with Crippen LogP contribution in [0.15, 0.2) is 48.5 Å². The van der Waals surface area contributed by atoms with Crippen molar-refractivity contribution in [3.63, 3.8) is 0 Å². The summed E-state index contributed by atoms with van der Waals surface area (Å²) in [6.45, 7) is 1.29. The van der Waals surface area contributed by atoms with Crippen LogP contribution in [0.25, 0.3) is 0 Å². The number of rotatable bonds is 5. The molecule has 1 amide bonds. The highest BCUT2D eigenvalue weighted by atomic mass is 19.1. The second kappa shape index (κ2) is 7.40. The summed E-state index contributed by atoms with van der Waals surface area (Å²) in [4.78, 5) is 23.5. The number of hydrogen-bond donors (Lipinski definition) is 2. The van der Waals surface area contributed by atoms with Crippen molar-refractivity contribution in [3.8, 4) is 5.75 Å². The Labute approximate surface area is 132 Å². The first kappa shape index (κ1) is 16.5. The van der Waals surface area contributed by atoms with Gasteiger partial charge >= 0.3 is 5.97 Å². The minimum absolute atomic E-state index is 0.0613. The highest BCUT2D eigenvalue weighted by Gasteiger charge is 2.13. The molecule has 0 aliphatic carbocycles. The summed E-state index contributed by atoms with van der Waals surface area (Å²) in [6, 6.07) is 11.1. The van der Waals surface area contributed by atoms with E-state index in [0.29, 0.717) is 0 Å². The van der Waals surface area contributed by atoms with Gasteiger partial charge in [-0.1, -0.05) is 18.2 Å². The van der Waals surface area contributed by atoms with Gasteiger partial charge in [0.15, 0.2) is 6.61 Å². The summed E-state index contributed by atoms with van der Waals surface area (Å²) in [6.07, 6.45) is 0. The summed E-state index contributed by atoms with van der Waals surface area (Å²) in [5.74, 6) is -1.60. The lowest BCUT2D eigenvalue weighted by Crippen LogP contribution is -2.31. The van der Waals surface area contributed by atoms with Crippen LogP contribution in [0.4, 0.5) is 4.39 Å². The van der Waals surface area contributed by atoms with E-state index in [4.69, 9.17) is 4.74 Å². The summed E-state index contributed by atoms with van der Waals surface area (Å²) in [7, 11) is 0. The Morgan fingerprint density at radius 1 is 1.22 bits per heavy atom. The number of phenolic OH excluding ortho intramolecular Hbond substituents is 1. The molecular formula is C17H16FNO4. The monoisotopic (exact) mass is 317 g/mol. The predicted octanol–water partition coefficient (Wildman–Crippen LogP) is 2.57. The third-order valence-corrected chi connectivity index (χ3v) is 3.16. The lowest BCUT2D eigenvalue weighted by Gasteiger charge is -2.14. The molecule has 0 spiro atoms. The Kier molecular flexibility index (Phi) is 5.30. The van der Waals surface area contributed by atoms with Crippen molar-refractivity contribution < 1.29 is 23.8 Å². The number of hydrogen-bond acceptors (Lipinski definition) is 4. The molecule has 23 heavy (non-hydrogen) atoms. The molecule has 2 aromatic rings. The fourth-order valence-electron chi connectivity index (χ4n) is 1.97. The predicted molar refractivity (Wildman–Crippen MR) is 81.3 cm³/mol. The zero-order valence-electron chi connectivity index (χ0n) is 12.5. The van der Waals surface area contributed by atoms with Gasteiger partial charge in [-0.2, -0.15) is 0 Å². The van der Waals surface area contributed by atoms with Crippen LogP contribution in [0.3, 0.4) is 0 Å². The maximum Gasteiger partial charge on any atom is 0.338 e. The third-order valence-electron chi connectivity index (χ3n) is 3.16. The minimum atomic E-state index is -0.703. The average Bonchev–Trinajstić information content (AvgIpc) is 2.53. The smallest absolute Gasteiger partial charge is 0.338 e. The van der Waals surface area contributed by atoms with Gasteiger partial charge in [0.1, 0.15) is 11.6 Å². The fraction of sp³-hybridized carbons (Fsp3) is 0.176. The average molecular weight is 317 g/mol. The minimum Gasteiger partial charge on any atom is -0.508 e. The largest absolute Gasteiger partial charge is 0.508 e. The maximum absolute atomic E-state index is 12.8. The normalized spacial score (nSPS) is 11.6. The number of phenols is 1. The standard InChI is InChI=1S/C17H16FNO4/c1-11(12-5-7-14(18)8-6-12)19-16(21)10-23-17(22)13-3-2-4-15(20)9-13/h2-9,11,20H,10H2,1H3,(H,19,21)/t11-/m0/s1. The molecule has 0 aromatic heterocycles. The molecule has 120 valence electrons. The molecule has 0 aliphatic rings. The second-order valence-corrected chi connectivity index (χ2v) is 4.97. The van der Waals surface area contributed by atoms with Gasteiger partial charge in [0, 0.05) is 0 Å². The van der Waals surface area contributed by atoms with E-state index < -0.39 is 18.5 Å². The summed E-state index contributed by atoms with van der Waals surface area (Å²) in [5.41, 5.74) is 0.892. The Morgan fingerprint density at radius 3 is 2.57 bits per heavy atom. The Morgan fingerprint density at radius 2 is 1.91 bits per heavy atom. The van der Waals surface area contributed by atoms with Crippen LogP contribution >= 0.6 is 0 Å². The molecule has 0 aliphatic heterocycles. The molecule has 2 rings (SSSR count). The van der Waals surface area contributed by atoms with E-state index in [0.717, 1.165) is 5.56 Å². The van der Waals surface area contributed by atoms with Gasteiger partial charge in [-0.3, -0.25) is 4.79 Å². The molecule has 0 heterocycles. The fourth-order valence-corrected chi connectivity index (χ4v) is 1.97. The van der Waals surface area contributed by atoms with Crippen molar-refractivity contribution in [3.05, 3.63) is 65.5 Å². The molecule has 1 atom stereocenters. The number of halogens is 1. The number of nitrogens with one attached hydrogen (secondary N) is 1. The lowest BCUT2D eigenvalue weighted by molar-refractivity contribution is -0.124. The number of esters is 1. The van der Waals surface area contributed by atoms with Gasteiger partial charge in [0.2, 0.25) is 0 Å². The summed E-state index contributed by atoms with van der Waals surface area (Å²) >= 11 is 0. The Bertz CT molecular complexity index is 700. The number of carbonyl (C=O) groups excluding carboxylic acids is 2.